The first-order chi connectivity index (χ1) is 6.54. The molecule has 9 heteroatoms. The molecule has 0 aliphatic carbocycles. The second-order valence-electron chi connectivity index (χ2n) is 1.79. The molecule has 0 saturated carbocycles. The van der Waals surface area contributed by atoms with Gasteiger partial charge in [-0.2, -0.15) is 26.3 Å². The number of hydrogen-bond acceptors (Lipinski definition) is 0. The van der Waals surface area contributed by atoms with Crippen molar-refractivity contribution in [3.63, 3.8) is 0 Å². The van der Waals surface area contributed by atoms with Crippen LogP contribution in [-0.2, 0) is 0 Å². The Kier molecular flexibility index (Phi) is 8.37. The lowest BCUT2D eigenvalue weighted by Crippen LogP contribution is -2.05. The average molecular weight is 295 g/mol. The van der Waals surface area contributed by atoms with Crippen molar-refractivity contribution in [1.82, 2.24) is 0 Å². The summed E-state index contributed by atoms with van der Waals surface area (Å²) >= 11 is 13.8. The monoisotopic (exact) mass is 294 g/mol. The van der Waals surface area contributed by atoms with Gasteiger partial charge in [-0.3, -0.25) is 0 Å². The fourth-order valence-electron chi connectivity index (χ4n) is 0.133. The molecule has 0 aliphatic rings. The largest absolute Gasteiger partial charge is 0.427 e. The Morgan fingerprint density at radius 2 is 1.33 bits per heavy atom. The van der Waals surface area contributed by atoms with Gasteiger partial charge in [-0.15, -0.1) is 0 Å². The smallest absolute Gasteiger partial charge is 0.167 e. The Labute approximate surface area is 96.1 Å². The molecule has 0 atom stereocenters. The molecule has 0 aromatic rings. The summed E-state index contributed by atoms with van der Waals surface area (Å²) < 4.78 is 66.1. The summed E-state index contributed by atoms with van der Waals surface area (Å²) in [6, 6.07) is 0. The zero-order valence-electron chi connectivity index (χ0n) is 6.63. The highest BCUT2D eigenvalue weighted by Gasteiger charge is 2.31. The first kappa shape index (κ1) is 17.3. The van der Waals surface area contributed by atoms with Crippen LogP contribution in [0.2, 0.25) is 0 Å². The van der Waals surface area contributed by atoms with Crippen molar-refractivity contribution in [2.75, 3.05) is 0 Å². The third-order valence-corrected chi connectivity index (χ3v) is 1.40. The molecular formula is C6H3Cl3F6. The Morgan fingerprint density at radius 3 is 1.33 bits per heavy atom. The molecule has 0 aromatic heterocycles. The maximum absolute atomic E-state index is 11.2. The van der Waals surface area contributed by atoms with E-state index in [4.69, 9.17) is 0 Å². The summed E-state index contributed by atoms with van der Waals surface area (Å²) in [5, 5.41) is -1.31. The minimum absolute atomic E-state index is 0.0471. The highest BCUT2D eigenvalue weighted by atomic mass is 35.5. The van der Waals surface area contributed by atoms with Crippen molar-refractivity contribution in [2.45, 2.75) is 12.4 Å². The van der Waals surface area contributed by atoms with Gasteiger partial charge in [-0.05, 0) is 0 Å². The molecule has 0 saturated heterocycles. The highest BCUT2D eigenvalue weighted by Crippen LogP contribution is 2.28. The number of alkyl halides is 6. The van der Waals surface area contributed by atoms with Crippen LogP contribution in [0.5, 0.6) is 0 Å². The van der Waals surface area contributed by atoms with Gasteiger partial charge >= 0.3 is 12.4 Å². The van der Waals surface area contributed by atoms with E-state index in [2.05, 4.69) is 34.8 Å². The SMILES string of the molecule is FC(F)(F)C(Cl)=CCl.FC(F)(F)C=CCl. The van der Waals surface area contributed by atoms with E-state index in [0.717, 1.165) is 0 Å². The fraction of sp³-hybridized carbons (Fsp3) is 0.333. The fourth-order valence-corrected chi connectivity index (χ4v) is 0.400. The van der Waals surface area contributed by atoms with Crippen LogP contribution in [0, 0.1) is 0 Å². The van der Waals surface area contributed by atoms with E-state index < -0.39 is 17.4 Å². The van der Waals surface area contributed by atoms with Gasteiger partial charge in [0.15, 0.2) is 0 Å². The van der Waals surface area contributed by atoms with Gasteiger partial charge in [0.05, 0.1) is 0 Å². The Morgan fingerprint density at radius 1 is 0.933 bits per heavy atom. The van der Waals surface area contributed by atoms with E-state index >= 15 is 0 Å². The first-order valence-electron chi connectivity index (χ1n) is 2.92. The lowest BCUT2D eigenvalue weighted by atomic mass is 10.6. The van der Waals surface area contributed by atoms with Crippen molar-refractivity contribution >= 4 is 34.8 Å². The third-order valence-electron chi connectivity index (χ3n) is 0.619. The molecule has 0 N–H and O–H groups in total. The van der Waals surface area contributed by atoms with Crippen LogP contribution >= 0.6 is 34.8 Å². The Bertz CT molecular complexity index is 226. The van der Waals surface area contributed by atoms with Gasteiger partial charge in [0.1, 0.15) is 5.03 Å². The third kappa shape index (κ3) is 13.9. The van der Waals surface area contributed by atoms with E-state index in [1.54, 1.807) is 0 Å². The summed E-state index contributed by atoms with van der Waals surface area (Å²) in [5.74, 6) is 0. The molecule has 90 valence electrons. The Balaban J connectivity index is 0. The molecule has 0 rings (SSSR count). The Hall–Kier alpha value is -0.0700. The van der Waals surface area contributed by atoms with E-state index in [-0.39, 0.29) is 11.6 Å². The second-order valence-corrected chi connectivity index (χ2v) is 2.67. The quantitative estimate of drug-likeness (QED) is 0.541. The van der Waals surface area contributed by atoms with E-state index in [1.165, 1.54) is 0 Å². The summed E-state index contributed by atoms with van der Waals surface area (Å²) in [6.07, 6.45) is -8.81. The zero-order chi connectivity index (χ0) is 12.7. The van der Waals surface area contributed by atoms with E-state index in [0.29, 0.717) is 5.54 Å². The maximum atomic E-state index is 11.2. The van der Waals surface area contributed by atoms with Crippen molar-refractivity contribution in [3.8, 4) is 0 Å². The lowest BCUT2D eigenvalue weighted by molar-refractivity contribution is -0.0845. The molecule has 0 fully saturated rings. The molecule has 0 heterocycles. The molecule has 0 spiro atoms. The van der Waals surface area contributed by atoms with E-state index in [9.17, 15) is 26.3 Å². The van der Waals surface area contributed by atoms with Gasteiger partial charge < -0.3 is 0 Å². The molecule has 0 aliphatic heterocycles. The minimum Gasteiger partial charge on any atom is -0.167 e. The van der Waals surface area contributed by atoms with Crippen molar-refractivity contribution in [2.24, 2.45) is 0 Å². The lowest BCUT2D eigenvalue weighted by Gasteiger charge is -1.99. The van der Waals surface area contributed by atoms with Gasteiger partial charge in [0, 0.05) is 17.1 Å². The van der Waals surface area contributed by atoms with Crippen molar-refractivity contribution in [3.05, 3.63) is 22.2 Å². The number of allylic oxidation sites excluding steroid dienone is 2. The standard InChI is InChI=1S/C3HCl2F3.C3H2ClF3/c4-1-2(5)3(6,7)8;4-2-1-3(5,6)7/h1H;1-2H. The van der Waals surface area contributed by atoms with Crippen molar-refractivity contribution < 1.29 is 26.3 Å². The molecule has 0 aromatic carbocycles. The van der Waals surface area contributed by atoms with Crippen LogP contribution in [-0.4, -0.2) is 12.4 Å². The minimum atomic E-state index is -4.50. The zero-order valence-corrected chi connectivity index (χ0v) is 8.90. The first-order valence-corrected chi connectivity index (χ1v) is 4.17. The van der Waals surface area contributed by atoms with Gasteiger partial charge in [0.25, 0.3) is 0 Å². The van der Waals surface area contributed by atoms with Gasteiger partial charge in [-0.1, -0.05) is 34.8 Å². The van der Waals surface area contributed by atoms with Gasteiger partial charge in [-0.25, -0.2) is 0 Å². The van der Waals surface area contributed by atoms with Crippen LogP contribution in [0.25, 0.3) is 0 Å². The molecule has 0 unspecified atom stereocenters. The highest BCUT2D eigenvalue weighted by molar-refractivity contribution is 6.37. The average Bonchev–Trinajstić information content (AvgIpc) is 2.00. The van der Waals surface area contributed by atoms with Crippen LogP contribution in [0.15, 0.2) is 22.2 Å². The second kappa shape index (κ2) is 7.24. The predicted molar refractivity (Wildman–Crippen MR) is 46.9 cm³/mol. The van der Waals surface area contributed by atoms with Crippen LogP contribution in [0.4, 0.5) is 26.3 Å². The molecule has 0 amide bonds. The molecule has 0 bridgehead atoms. The summed E-state index contributed by atoms with van der Waals surface area (Å²) in [7, 11) is 0. The predicted octanol–water partition coefficient (Wildman–Crippen LogP) is 5.17. The normalized spacial score (nSPS) is 13.8. The summed E-state index contributed by atoms with van der Waals surface area (Å²) in [5.41, 5.74) is 0.710. The molecule has 0 nitrogen and oxygen atoms in total. The number of rotatable bonds is 0. The van der Waals surface area contributed by atoms with Crippen LogP contribution < -0.4 is 0 Å². The number of halogens is 9. The molecule has 15 heavy (non-hydrogen) atoms. The van der Waals surface area contributed by atoms with Crippen LogP contribution in [0.1, 0.15) is 0 Å². The van der Waals surface area contributed by atoms with E-state index in [1.807, 2.05) is 0 Å². The summed E-state index contributed by atoms with van der Waals surface area (Å²) in [4.78, 5) is 0. The molecule has 0 radical (unpaired) electrons. The topological polar surface area (TPSA) is 0 Å². The van der Waals surface area contributed by atoms with Gasteiger partial charge in [0.2, 0.25) is 0 Å². The number of hydrogen-bond donors (Lipinski definition) is 0. The van der Waals surface area contributed by atoms with Crippen molar-refractivity contribution in [1.29, 1.82) is 0 Å². The molecular weight excluding hydrogens is 292 g/mol. The van der Waals surface area contributed by atoms with Crippen LogP contribution in [0.3, 0.4) is 0 Å². The maximum Gasteiger partial charge on any atom is 0.427 e. The summed E-state index contributed by atoms with van der Waals surface area (Å²) in [6.45, 7) is 0.